The van der Waals surface area contributed by atoms with Crippen LogP contribution in [0.1, 0.15) is 52.9 Å². The molecule has 1 amide bonds. The van der Waals surface area contributed by atoms with Gasteiger partial charge in [0.15, 0.2) is 0 Å². The molecular weight excluding hydrogens is 398 g/mol. The lowest BCUT2D eigenvalue weighted by molar-refractivity contribution is 0.0458. The minimum absolute atomic E-state index is 0.0555. The van der Waals surface area contributed by atoms with Crippen molar-refractivity contribution in [2.24, 2.45) is 0 Å². The average Bonchev–Trinajstić information content (AvgIpc) is 3.16. The Bertz CT molecular complexity index is 878. The molecule has 140 valence electrons. The van der Waals surface area contributed by atoms with Crippen LogP contribution >= 0.6 is 15.9 Å². The number of hydrogen-bond donors (Lipinski definition) is 2. The largest absolute Gasteiger partial charge is 0.444 e. The van der Waals surface area contributed by atoms with Gasteiger partial charge in [-0.1, -0.05) is 0 Å². The zero-order valence-electron chi connectivity index (χ0n) is 15.3. The Labute approximate surface area is 160 Å². The molecule has 0 aliphatic heterocycles. The number of rotatable bonds is 2. The smallest absolute Gasteiger partial charge is 0.408 e. The first-order chi connectivity index (χ1) is 12.1. The minimum Gasteiger partial charge on any atom is -0.444 e. The van der Waals surface area contributed by atoms with E-state index >= 15 is 0 Å². The highest BCUT2D eigenvalue weighted by molar-refractivity contribution is 9.10. The van der Waals surface area contributed by atoms with Crippen LogP contribution in [0.5, 0.6) is 0 Å². The molecule has 7 nitrogen and oxygen atoms in total. The fourth-order valence-electron chi connectivity index (χ4n) is 4.59. The van der Waals surface area contributed by atoms with E-state index in [2.05, 4.69) is 42.0 Å². The Kier molecular flexibility index (Phi) is 3.77. The number of nitrogen functional groups attached to an aromatic ring is 1. The van der Waals surface area contributed by atoms with E-state index in [0.29, 0.717) is 5.82 Å². The molecule has 2 aromatic rings. The number of hydrogen-bond acceptors (Lipinski definition) is 5. The van der Waals surface area contributed by atoms with Crippen molar-refractivity contribution in [2.75, 3.05) is 5.73 Å². The van der Waals surface area contributed by atoms with E-state index < -0.39 is 5.60 Å². The fraction of sp³-hybridized carbons (Fsp3) is 0.611. The summed E-state index contributed by atoms with van der Waals surface area (Å²) in [4.78, 5) is 20.9. The lowest BCUT2D eigenvalue weighted by Crippen LogP contribution is -2.47. The van der Waals surface area contributed by atoms with E-state index in [1.165, 1.54) is 6.33 Å². The number of anilines is 1. The van der Waals surface area contributed by atoms with Gasteiger partial charge in [-0.05, 0) is 68.8 Å². The van der Waals surface area contributed by atoms with E-state index in [0.717, 1.165) is 47.6 Å². The normalized spacial score (nSPS) is 27.8. The molecule has 0 atom stereocenters. The van der Waals surface area contributed by atoms with E-state index in [1.54, 1.807) is 0 Å². The second-order valence-electron chi connectivity index (χ2n) is 8.61. The first-order valence-electron chi connectivity index (χ1n) is 8.92. The zero-order valence-corrected chi connectivity index (χ0v) is 16.9. The van der Waals surface area contributed by atoms with Crippen molar-refractivity contribution >= 4 is 38.9 Å². The summed E-state index contributed by atoms with van der Waals surface area (Å²) in [5, 5.41) is 4.01. The molecule has 0 saturated heterocycles. The first kappa shape index (κ1) is 17.6. The highest BCUT2D eigenvalue weighted by Crippen LogP contribution is 2.56. The van der Waals surface area contributed by atoms with Crippen LogP contribution in [0.25, 0.3) is 11.0 Å². The third-order valence-corrected chi connectivity index (χ3v) is 6.25. The number of halogens is 1. The Balaban J connectivity index is 1.63. The highest BCUT2D eigenvalue weighted by Gasteiger charge is 2.56. The summed E-state index contributed by atoms with van der Waals surface area (Å²) >= 11 is 3.60. The molecule has 0 aromatic carbocycles. The Morgan fingerprint density at radius 1 is 1.31 bits per heavy atom. The highest BCUT2D eigenvalue weighted by atomic mass is 79.9. The predicted molar refractivity (Wildman–Crippen MR) is 103 cm³/mol. The Morgan fingerprint density at radius 2 is 2.00 bits per heavy atom. The van der Waals surface area contributed by atoms with Crippen LogP contribution in [0, 0.1) is 0 Å². The van der Waals surface area contributed by atoms with Gasteiger partial charge < -0.3 is 20.4 Å². The van der Waals surface area contributed by atoms with Gasteiger partial charge in [-0.2, -0.15) is 0 Å². The van der Waals surface area contributed by atoms with Crippen molar-refractivity contribution in [2.45, 2.75) is 69.6 Å². The molecule has 2 aromatic heterocycles. The van der Waals surface area contributed by atoms with Crippen LogP contribution in [0.15, 0.2) is 17.0 Å². The van der Waals surface area contributed by atoms with Crippen LogP contribution in [-0.4, -0.2) is 31.8 Å². The second kappa shape index (κ2) is 5.58. The number of nitrogens with one attached hydrogen (secondary N) is 1. The fourth-order valence-corrected chi connectivity index (χ4v) is 5.18. The van der Waals surface area contributed by atoms with Crippen molar-refractivity contribution in [1.29, 1.82) is 0 Å². The summed E-state index contributed by atoms with van der Waals surface area (Å²) in [6, 6.07) is 0. The number of aromatic nitrogens is 3. The summed E-state index contributed by atoms with van der Waals surface area (Å²) in [6.07, 6.45) is 7.96. The standard InChI is InChI=1S/C18H24BrN5O2/c1-16(2,3)26-15(25)23-17-4-6-18(9-17,7-5-17)24-8-11(19)12-13(20)21-10-22-14(12)24/h8,10H,4-7,9H2,1-3H3,(H,23,25)(H2,20,21,22). The van der Waals surface area contributed by atoms with Crippen LogP contribution in [0.4, 0.5) is 10.6 Å². The number of amides is 1. The SMILES string of the molecule is CC(C)(C)OC(=O)NC12CCC(n3cc(Br)c4c(N)ncnc43)(CC1)C2. The van der Waals surface area contributed by atoms with E-state index in [1.807, 2.05) is 20.8 Å². The van der Waals surface area contributed by atoms with Crippen molar-refractivity contribution < 1.29 is 9.53 Å². The molecule has 0 unspecified atom stereocenters. The Hall–Kier alpha value is -1.83. The van der Waals surface area contributed by atoms with Crippen molar-refractivity contribution in [1.82, 2.24) is 19.9 Å². The quantitative estimate of drug-likeness (QED) is 0.770. The van der Waals surface area contributed by atoms with Crippen LogP contribution < -0.4 is 11.1 Å². The molecule has 2 aliphatic carbocycles. The molecule has 3 N–H and O–H groups in total. The van der Waals surface area contributed by atoms with Crippen molar-refractivity contribution in [3.63, 3.8) is 0 Å². The Morgan fingerprint density at radius 3 is 2.65 bits per heavy atom. The van der Waals surface area contributed by atoms with Gasteiger partial charge >= 0.3 is 6.09 Å². The van der Waals surface area contributed by atoms with Crippen LogP contribution in [0.3, 0.4) is 0 Å². The van der Waals surface area contributed by atoms with E-state index in [4.69, 9.17) is 10.5 Å². The maximum Gasteiger partial charge on any atom is 0.408 e. The topological polar surface area (TPSA) is 95.1 Å². The summed E-state index contributed by atoms with van der Waals surface area (Å²) < 4.78 is 8.61. The maximum atomic E-state index is 12.3. The first-order valence-corrected chi connectivity index (χ1v) is 9.71. The van der Waals surface area contributed by atoms with Gasteiger partial charge in [-0.25, -0.2) is 14.8 Å². The molecule has 2 saturated carbocycles. The maximum absolute atomic E-state index is 12.3. The van der Waals surface area contributed by atoms with Crippen LogP contribution in [-0.2, 0) is 10.3 Å². The third kappa shape index (κ3) is 2.74. The molecule has 0 radical (unpaired) electrons. The molecule has 4 rings (SSSR count). The van der Waals surface area contributed by atoms with Gasteiger partial charge in [-0.15, -0.1) is 0 Å². The predicted octanol–water partition coefficient (Wildman–Crippen LogP) is 3.71. The molecule has 0 spiro atoms. The summed E-state index contributed by atoms with van der Waals surface area (Å²) in [5.74, 6) is 0.478. The number of carbonyl (C=O) groups excluding carboxylic acids is 1. The number of fused-ring (bicyclic) bond motifs is 3. The molecule has 2 aliphatic rings. The third-order valence-electron chi connectivity index (χ3n) is 5.65. The number of nitrogens with zero attached hydrogens (tertiary/aromatic N) is 3. The number of ether oxygens (including phenoxy) is 1. The van der Waals surface area contributed by atoms with Gasteiger partial charge in [0, 0.05) is 21.7 Å². The lowest BCUT2D eigenvalue weighted by Gasteiger charge is -2.30. The summed E-state index contributed by atoms with van der Waals surface area (Å²) in [5.41, 5.74) is 6.14. The molecule has 2 heterocycles. The second-order valence-corrected chi connectivity index (χ2v) is 9.47. The van der Waals surface area contributed by atoms with Gasteiger partial charge in [0.1, 0.15) is 23.4 Å². The lowest BCUT2D eigenvalue weighted by atomic mass is 9.91. The van der Waals surface area contributed by atoms with Gasteiger partial charge in [-0.3, -0.25) is 0 Å². The molecule has 8 heteroatoms. The van der Waals surface area contributed by atoms with Gasteiger partial charge in [0.25, 0.3) is 0 Å². The molecular formula is C18H24BrN5O2. The van der Waals surface area contributed by atoms with E-state index in [-0.39, 0.29) is 17.2 Å². The van der Waals surface area contributed by atoms with E-state index in [9.17, 15) is 4.79 Å². The summed E-state index contributed by atoms with van der Waals surface area (Å²) in [7, 11) is 0. The number of nitrogens with two attached hydrogens (primary N) is 1. The average molecular weight is 422 g/mol. The van der Waals surface area contributed by atoms with Crippen LogP contribution in [0.2, 0.25) is 0 Å². The molecule has 2 fully saturated rings. The number of carbonyl (C=O) groups is 1. The minimum atomic E-state index is -0.495. The van der Waals surface area contributed by atoms with Crippen molar-refractivity contribution in [3.8, 4) is 0 Å². The monoisotopic (exact) mass is 421 g/mol. The molecule has 2 bridgehead atoms. The van der Waals surface area contributed by atoms with Gasteiger partial charge in [0.2, 0.25) is 0 Å². The zero-order chi connectivity index (χ0) is 18.7. The van der Waals surface area contributed by atoms with Crippen molar-refractivity contribution in [3.05, 3.63) is 17.0 Å². The van der Waals surface area contributed by atoms with Gasteiger partial charge in [0.05, 0.1) is 5.39 Å². The summed E-state index contributed by atoms with van der Waals surface area (Å²) in [6.45, 7) is 5.64. The number of alkyl carbamates (subject to hydrolysis) is 1. The molecule has 26 heavy (non-hydrogen) atoms.